The van der Waals surface area contributed by atoms with E-state index < -0.39 is 11.8 Å². The van der Waals surface area contributed by atoms with Crippen LogP contribution in [0.1, 0.15) is 17.3 Å². The standard InChI is InChI=1S/C12H14FNO3/c1-8(15)9-4-5-11(10(13)6-9)14(2)7-12(16)17-3/h4-6H,7H2,1-3H3. The predicted octanol–water partition coefficient (Wildman–Crippen LogP) is 1.64. The fourth-order valence-corrected chi connectivity index (χ4v) is 1.38. The Hall–Kier alpha value is -1.91. The Bertz CT molecular complexity index is 445. The molecule has 0 radical (unpaired) electrons. The zero-order valence-electron chi connectivity index (χ0n) is 9.99. The summed E-state index contributed by atoms with van der Waals surface area (Å²) < 4.78 is 18.2. The van der Waals surface area contributed by atoms with Crippen LogP contribution in [0.4, 0.5) is 10.1 Å². The van der Waals surface area contributed by atoms with Gasteiger partial charge in [-0.05, 0) is 25.1 Å². The van der Waals surface area contributed by atoms with Crippen molar-refractivity contribution in [2.75, 3.05) is 25.6 Å². The molecule has 0 aliphatic heterocycles. The maximum absolute atomic E-state index is 13.7. The van der Waals surface area contributed by atoms with Gasteiger partial charge in [0.25, 0.3) is 0 Å². The van der Waals surface area contributed by atoms with Crippen LogP contribution < -0.4 is 4.90 Å². The Morgan fingerprint density at radius 3 is 2.53 bits per heavy atom. The van der Waals surface area contributed by atoms with Gasteiger partial charge < -0.3 is 9.64 Å². The van der Waals surface area contributed by atoms with E-state index in [2.05, 4.69) is 4.74 Å². The first-order valence-electron chi connectivity index (χ1n) is 5.04. The third-order valence-corrected chi connectivity index (χ3v) is 2.36. The predicted molar refractivity (Wildman–Crippen MR) is 61.7 cm³/mol. The van der Waals surface area contributed by atoms with E-state index in [0.29, 0.717) is 5.56 Å². The van der Waals surface area contributed by atoms with Crippen molar-refractivity contribution in [2.24, 2.45) is 0 Å². The van der Waals surface area contributed by atoms with E-state index in [1.165, 1.54) is 31.1 Å². The lowest BCUT2D eigenvalue weighted by Crippen LogP contribution is -2.27. The molecule has 0 spiro atoms. The molecule has 0 N–H and O–H groups in total. The number of rotatable bonds is 4. The molecule has 92 valence electrons. The molecule has 17 heavy (non-hydrogen) atoms. The van der Waals surface area contributed by atoms with Gasteiger partial charge in [0.05, 0.1) is 12.8 Å². The third-order valence-electron chi connectivity index (χ3n) is 2.36. The number of carbonyl (C=O) groups is 2. The number of hydrogen-bond acceptors (Lipinski definition) is 4. The number of ether oxygens (including phenoxy) is 1. The van der Waals surface area contributed by atoms with Gasteiger partial charge in [0, 0.05) is 12.6 Å². The Balaban J connectivity index is 2.92. The molecule has 0 bridgehead atoms. The number of Topliss-reactive ketones (excluding diaryl/α,β-unsaturated/α-hetero) is 1. The first kappa shape index (κ1) is 13.2. The molecule has 0 fully saturated rings. The quantitative estimate of drug-likeness (QED) is 0.592. The average Bonchev–Trinajstić information content (AvgIpc) is 2.28. The normalized spacial score (nSPS) is 9.88. The zero-order chi connectivity index (χ0) is 13.0. The maximum atomic E-state index is 13.7. The van der Waals surface area contributed by atoms with E-state index in [9.17, 15) is 14.0 Å². The molecule has 5 heteroatoms. The molecule has 0 aliphatic carbocycles. The molecule has 0 saturated carbocycles. The summed E-state index contributed by atoms with van der Waals surface area (Å²) in [6.45, 7) is 1.32. The van der Waals surface area contributed by atoms with Crippen molar-refractivity contribution in [3.05, 3.63) is 29.6 Å². The van der Waals surface area contributed by atoms with E-state index in [1.54, 1.807) is 7.05 Å². The maximum Gasteiger partial charge on any atom is 0.325 e. The average molecular weight is 239 g/mol. The van der Waals surface area contributed by atoms with Gasteiger partial charge in [0.15, 0.2) is 5.78 Å². The van der Waals surface area contributed by atoms with Crippen LogP contribution in [0.5, 0.6) is 0 Å². The first-order chi connectivity index (χ1) is 7.95. The number of hydrogen-bond donors (Lipinski definition) is 0. The number of nitrogens with zero attached hydrogens (tertiary/aromatic N) is 1. The van der Waals surface area contributed by atoms with Gasteiger partial charge in [-0.2, -0.15) is 0 Å². The molecule has 0 aromatic heterocycles. The second-order valence-corrected chi connectivity index (χ2v) is 3.65. The highest BCUT2D eigenvalue weighted by molar-refractivity contribution is 5.94. The smallest absolute Gasteiger partial charge is 0.325 e. The fourth-order valence-electron chi connectivity index (χ4n) is 1.38. The number of benzene rings is 1. The number of esters is 1. The van der Waals surface area contributed by atoms with E-state index in [0.717, 1.165) is 6.07 Å². The summed E-state index contributed by atoms with van der Waals surface area (Å²) in [5.74, 6) is -1.20. The Morgan fingerprint density at radius 1 is 1.41 bits per heavy atom. The first-order valence-corrected chi connectivity index (χ1v) is 5.04. The highest BCUT2D eigenvalue weighted by Gasteiger charge is 2.13. The number of ketones is 1. The summed E-state index contributed by atoms with van der Waals surface area (Å²) in [6.07, 6.45) is 0. The minimum absolute atomic E-state index is 0.0488. The molecular formula is C12H14FNO3. The van der Waals surface area contributed by atoms with Crippen molar-refractivity contribution in [2.45, 2.75) is 6.92 Å². The van der Waals surface area contributed by atoms with Gasteiger partial charge >= 0.3 is 5.97 Å². The van der Waals surface area contributed by atoms with Gasteiger partial charge in [-0.1, -0.05) is 0 Å². The molecule has 0 aliphatic rings. The zero-order valence-corrected chi connectivity index (χ0v) is 9.99. The van der Waals surface area contributed by atoms with E-state index in [-0.39, 0.29) is 18.0 Å². The van der Waals surface area contributed by atoms with Crippen LogP contribution in [0.2, 0.25) is 0 Å². The fraction of sp³-hybridized carbons (Fsp3) is 0.333. The SMILES string of the molecule is COC(=O)CN(C)c1ccc(C(C)=O)cc1F. The lowest BCUT2D eigenvalue weighted by molar-refractivity contribution is -0.138. The lowest BCUT2D eigenvalue weighted by atomic mass is 10.1. The highest BCUT2D eigenvalue weighted by atomic mass is 19.1. The minimum atomic E-state index is -0.538. The number of anilines is 1. The van der Waals surface area contributed by atoms with Gasteiger partial charge in [-0.25, -0.2) is 4.39 Å². The summed E-state index contributed by atoms with van der Waals surface area (Å²) in [4.78, 5) is 23.5. The van der Waals surface area contributed by atoms with Crippen molar-refractivity contribution in [1.82, 2.24) is 0 Å². The molecule has 1 aromatic rings. The van der Waals surface area contributed by atoms with E-state index in [4.69, 9.17) is 0 Å². The third kappa shape index (κ3) is 3.27. The molecule has 1 rings (SSSR count). The van der Waals surface area contributed by atoms with Crippen LogP contribution >= 0.6 is 0 Å². The van der Waals surface area contributed by atoms with Crippen molar-refractivity contribution >= 4 is 17.4 Å². The van der Waals surface area contributed by atoms with E-state index >= 15 is 0 Å². The molecule has 1 aromatic carbocycles. The Morgan fingerprint density at radius 2 is 2.06 bits per heavy atom. The van der Waals surface area contributed by atoms with Crippen LogP contribution in [0.25, 0.3) is 0 Å². The summed E-state index contributed by atoms with van der Waals surface area (Å²) in [5.41, 5.74) is 0.554. The number of halogens is 1. The molecule has 0 saturated heterocycles. The Kier molecular flexibility index (Phi) is 4.20. The van der Waals surface area contributed by atoms with Crippen molar-refractivity contribution < 1.29 is 18.7 Å². The molecule has 4 nitrogen and oxygen atoms in total. The van der Waals surface area contributed by atoms with Crippen LogP contribution in [-0.2, 0) is 9.53 Å². The highest BCUT2D eigenvalue weighted by Crippen LogP contribution is 2.19. The van der Waals surface area contributed by atoms with Crippen molar-refractivity contribution in [3.63, 3.8) is 0 Å². The van der Waals surface area contributed by atoms with Gasteiger partial charge in [0.1, 0.15) is 12.4 Å². The Labute approximate surface area is 99.0 Å². The second-order valence-electron chi connectivity index (χ2n) is 3.65. The molecule has 0 atom stereocenters. The summed E-state index contributed by atoms with van der Waals surface area (Å²) in [6, 6.07) is 4.15. The van der Waals surface area contributed by atoms with Crippen LogP contribution in [0.3, 0.4) is 0 Å². The van der Waals surface area contributed by atoms with Gasteiger partial charge in [0.2, 0.25) is 0 Å². The van der Waals surface area contributed by atoms with Crippen LogP contribution in [-0.4, -0.2) is 32.5 Å². The van der Waals surface area contributed by atoms with E-state index in [1.807, 2.05) is 0 Å². The molecule has 0 unspecified atom stereocenters. The topological polar surface area (TPSA) is 46.6 Å². The number of carbonyl (C=O) groups excluding carboxylic acids is 2. The molecular weight excluding hydrogens is 225 g/mol. The molecule has 0 heterocycles. The minimum Gasteiger partial charge on any atom is -0.468 e. The van der Waals surface area contributed by atoms with Crippen LogP contribution in [0.15, 0.2) is 18.2 Å². The summed E-state index contributed by atoms with van der Waals surface area (Å²) >= 11 is 0. The monoisotopic (exact) mass is 239 g/mol. The second kappa shape index (κ2) is 5.43. The largest absolute Gasteiger partial charge is 0.468 e. The summed E-state index contributed by atoms with van der Waals surface area (Å²) in [5, 5.41) is 0. The van der Waals surface area contributed by atoms with Crippen molar-refractivity contribution in [1.29, 1.82) is 0 Å². The van der Waals surface area contributed by atoms with Crippen molar-refractivity contribution in [3.8, 4) is 0 Å². The van der Waals surface area contributed by atoms with Gasteiger partial charge in [-0.3, -0.25) is 9.59 Å². The summed E-state index contributed by atoms with van der Waals surface area (Å²) in [7, 11) is 2.84. The van der Waals surface area contributed by atoms with Crippen LogP contribution in [0, 0.1) is 5.82 Å². The molecule has 0 amide bonds. The van der Waals surface area contributed by atoms with Gasteiger partial charge in [-0.15, -0.1) is 0 Å². The number of likely N-dealkylation sites (N-methyl/N-ethyl adjacent to an activating group) is 1. The lowest BCUT2D eigenvalue weighted by Gasteiger charge is -2.18. The number of methoxy groups -OCH3 is 1.